The van der Waals surface area contributed by atoms with Gasteiger partial charge in [0.2, 0.25) is 0 Å². The second-order valence-corrected chi connectivity index (χ2v) is 2.59. The van der Waals surface area contributed by atoms with Gasteiger partial charge >= 0.3 is 0 Å². The fourth-order valence-corrected chi connectivity index (χ4v) is 1.11. The molecule has 2 aromatic rings. The smallest absolute Gasteiger partial charge is 0.261 e. The highest BCUT2D eigenvalue weighted by molar-refractivity contribution is 5.76. The molecule has 0 saturated carbocycles. The van der Waals surface area contributed by atoms with Gasteiger partial charge in [0.15, 0.2) is 6.33 Å². The van der Waals surface area contributed by atoms with E-state index in [1.54, 1.807) is 19.2 Å². The van der Waals surface area contributed by atoms with Crippen molar-refractivity contribution in [1.29, 1.82) is 0 Å². The van der Waals surface area contributed by atoms with Crippen LogP contribution in [-0.2, 0) is 7.05 Å². The van der Waals surface area contributed by atoms with Crippen LogP contribution in [0.1, 0.15) is 0 Å². The van der Waals surface area contributed by atoms with Crippen molar-refractivity contribution >= 4 is 10.9 Å². The van der Waals surface area contributed by atoms with Gasteiger partial charge in [-0.2, -0.15) is 0 Å². The van der Waals surface area contributed by atoms with Crippen molar-refractivity contribution in [1.82, 2.24) is 9.55 Å². The average molecular weight is 159 g/mol. The summed E-state index contributed by atoms with van der Waals surface area (Å²) in [5, 5.41) is 0.638. The van der Waals surface area contributed by atoms with Gasteiger partial charge in [-0.3, -0.25) is 9.36 Å². The maximum atomic E-state index is 11.4. The van der Waals surface area contributed by atoms with E-state index in [4.69, 9.17) is 0 Å². The third-order valence-electron chi connectivity index (χ3n) is 1.76. The number of hydrogen-bond acceptors (Lipinski definition) is 2. The highest BCUT2D eigenvalue weighted by Gasteiger charge is 1.98. The van der Waals surface area contributed by atoms with Crippen molar-refractivity contribution in [2.75, 3.05) is 0 Å². The van der Waals surface area contributed by atoms with Crippen molar-refractivity contribution < 1.29 is 0 Å². The molecule has 0 spiro atoms. The number of para-hydroxylation sites is 1. The molecule has 1 aromatic heterocycles. The Morgan fingerprint density at radius 1 is 1.42 bits per heavy atom. The number of rotatable bonds is 0. The van der Waals surface area contributed by atoms with E-state index in [1.807, 2.05) is 12.1 Å². The lowest BCUT2D eigenvalue weighted by molar-refractivity contribution is 0.832. The maximum Gasteiger partial charge on any atom is 0.261 e. The first-order chi connectivity index (χ1) is 5.79. The van der Waals surface area contributed by atoms with Gasteiger partial charge in [-0.05, 0) is 12.1 Å². The summed E-state index contributed by atoms with van der Waals surface area (Å²) in [6.07, 6.45) is 2.60. The van der Waals surface area contributed by atoms with Crippen molar-refractivity contribution in [3.8, 4) is 0 Å². The minimum absolute atomic E-state index is 0.0550. The first-order valence-electron chi connectivity index (χ1n) is 3.62. The predicted molar refractivity (Wildman–Crippen MR) is 45.8 cm³/mol. The van der Waals surface area contributed by atoms with E-state index in [-0.39, 0.29) is 5.56 Å². The van der Waals surface area contributed by atoms with Crippen molar-refractivity contribution in [2.45, 2.75) is 0 Å². The highest BCUT2D eigenvalue weighted by Crippen LogP contribution is 2.03. The molecule has 1 radical (unpaired) electrons. The molecule has 12 heavy (non-hydrogen) atoms. The number of aryl methyl sites for hydroxylation is 1. The van der Waals surface area contributed by atoms with Gasteiger partial charge in [0.1, 0.15) is 0 Å². The number of hydrogen-bond donors (Lipinski definition) is 0. The minimum Gasteiger partial charge on any atom is -0.293 e. The van der Waals surface area contributed by atoms with Gasteiger partial charge in [0.05, 0.1) is 10.9 Å². The van der Waals surface area contributed by atoms with Gasteiger partial charge < -0.3 is 0 Å². The zero-order valence-electron chi connectivity index (χ0n) is 6.61. The first-order valence-corrected chi connectivity index (χ1v) is 3.62. The van der Waals surface area contributed by atoms with Gasteiger partial charge in [0.25, 0.3) is 5.56 Å². The van der Waals surface area contributed by atoms with Crippen LogP contribution in [0.3, 0.4) is 0 Å². The summed E-state index contributed by atoms with van der Waals surface area (Å²) in [4.78, 5) is 15.4. The number of benzene rings is 1. The fraction of sp³-hybridized carbons (Fsp3) is 0.111. The number of aromatic nitrogens is 2. The van der Waals surface area contributed by atoms with Crippen molar-refractivity contribution in [2.24, 2.45) is 7.05 Å². The third-order valence-corrected chi connectivity index (χ3v) is 1.76. The Morgan fingerprint density at radius 2 is 2.17 bits per heavy atom. The maximum absolute atomic E-state index is 11.4. The van der Waals surface area contributed by atoms with Crippen molar-refractivity contribution in [3.63, 3.8) is 0 Å². The van der Waals surface area contributed by atoms with Gasteiger partial charge in [-0.25, -0.2) is 4.98 Å². The molecule has 1 aromatic carbocycles. The molecule has 0 aliphatic heterocycles. The van der Waals surface area contributed by atoms with Crippen LogP contribution in [-0.4, -0.2) is 9.55 Å². The molecule has 0 aliphatic carbocycles. The van der Waals surface area contributed by atoms with Crippen LogP contribution >= 0.6 is 0 Å². The Balaban J connectivity index is 3.01. The molecule has 0 saturated heterocycles. The van der Waals surface area contributed by atoms with E-state index in [0.717, 1.165) is 0 Å². The number of fused-ring (bicyclic) bond motifs is 1. The van der Waals surface area contributed by atoms with Crippen LogP contribution in [0, 0.1) is 6.33 Å². The van der Waals surface area contributed by atoms with E-state index in [2.05, 4.69) is 11.3 Å². The minimum atomic E-state index is -0.0550. The molecular weight excluding hydrogens is 152 g/mol. The molecule has 0 fully saturated rings. The summed E-state index contributed by atoms with van der Waals surface area (Å²) in [6.45, 7) is 0. The van der Waals surface area contributed by atoms with E-state index < -0.39 is 0 Å². The zero-order valence-corrected chi connectivity index (χ0v) is 6.61. The lowest BCUT2D eigenvalue weighted by Crippen LogP contribution is -2.17. The van der Waals surface area contributed by atoms with Gasteiger partial charge in [-0.15, -0.1) is 0 Å². The van der Waals surface area contributed by atoms with Crippen LogP contribution in [0.15, 0.2) is 29.1 Å². The summed E-state index contributed by atoms with van der Waals surface area (Å²) >= 11 is 0. The summed E-state index contributed by atoms with van der Waals surface area (Å²) in [5.41, 5.74) is 0.640. The van der Waals surface area contributed by atoms with E-state index in [1.165, 1.54) is 4.57 Å². The summed E-state index contributed by atoms with van der Waals surface area (Å²) in [7, 11) is 1.64. The van der Waals surface area contributed by atoms with Gasteiger partial charge in [0, 0.05) is 7.05 Å². The lowest BCUT2D eigenvalue weighted by Gasteiger charge is -1.96. The average Bonchev–Trinajstić information content (AvgIpc) is 2.12. The summed E-state index contributed by atoms with van der Waals surface area (Å²) in [6, 6.07) is 7.24. The SMILES string of the molecule is Cn1[c]nc2ccccc2c1=O. The van der Waals surface area contributed by atoms with E-state index >= 15 is 0 Å². The quantitative estimate of drug-likeness (QED) is 0.568. The Bertz CT molecular complexity index is 473. The Hall–Kier alpha value is -1.64. The molecule has 1 heterocycles. The van der Waals surface area contributed by atoms with Crippen LogP contribution in [0.25, 0.3) is 10.9 Å². The molecule has 0 aliphatic rings. The van der Waals surface area contributed by atoms with E-state index in [9.17, 15) is 4.79 Å². The molecule has 0 N–H and O–H groups in total. The van der Waals surface area contributed by atoms with Gasteiger partial charge in [-0.1, -0.05) is 12.1 Å². The second kappa shape index (κ2) is 2.44. The molecule has 2 rings (SSSR count). The predicted octanol–water partition coefficient (Wildman–Crippen LogP) is 0.734. The van der Waals surface area contributed by atoms with E-state index in [0.29, 0.717) is 10.9 Å². The molecule has 0 amide bonds. The monoisotopic (exact) mass is 159 g/mol. The Kier molecular flexibility index (Phi) is 1.43. The molecule has 0 bridgehead atoms. The fourth-order valence-electron chi connectivity index (χ4n) is 1.11. The summed E-state index contributed by atoms with van der Waals surface area (Å²) < 4.78 is 1.35. The van der Waals surface area contributed by atoms with Crippen LogP contribution in [0.4, 0.5) is 0 Å². The molecule has 0 atom stereocenters. The van der Waals surface area contributed by atoms with Crippen LogP contribution < -0.4 is 5.56 Å². The molecule has 59 valence electrons. The highest BCUT2D eigenvalue weighted by atomic mass is 16.1. The topological polar surface area (TPSA) is 34.9 Å². The first kappa shape index (κ1) is 7.03. The molecule has 0 unspecified atom stereocenters. The number of nitrogens with zero attached hydrogens (tertiary/aromatic N) is 2. The molecule has 3 heteroatoms. The second-order valence-electron chi connectivity index (χ2n) is 2.59. The van der Waals surface area contributed by atoms with Crippen LogP contribution in [0.5, 0.6) is 0 Å². The normalized spacial score (nSPS) is 10.4. The Morgan fingerprint density at radius 3 is 3.00 bits per heavy atom. The standard InChI is InChI=1S/C9H7N2O/c1-11-6-10-8-5-3-2-4-7(8)9(11)12/h2-5H,1H3. The van der Waals surface area contributed by atoms with Crippen LogP contribution in [0.2, 0.25) is 0 Å². The third kappa shape index (κ3) is 0.906. The summed E-state index contributed by atoms with van der Waals surface area (Å²) in [5.74, 6) is 0. The largest absolute Gasteiger partial charge is 0.293 e. The molecule has 3 nitrogen and oxygen atoms in total. The lowest BCUT2D eigenvalue weighted by atomic mass is 10.2. The Labute approximate surface area is 69.3 Å². The van der Waals surface area contributed by atoms with Crippen molar-refractivity contribution in [3.05, 3.63) is 40.9 Å². The zero-order chi connectivity index (χ0) is 8.55. The molecular formula is C9H7N2O.